The highest BCUT2D eigenvalue weighted by molar-refractivity contribution is 5.48. The third-order valence-corrected chi connectivity index (χ3v) is 2.80. The standard InChI is InChI=1S/C12H12F4N4/c1-3-20(6-7-4-17-19(2)5-7)10-8(13)11(15)18-12(16)9(10)14/h4-5H,3,6H2,1-2H3. The van der Waals surface area contributed by atoms with Gasteiger partial charge in [-0.05, 0) is 6.92 Å². The van der Waals surface area contributed by atoms with Crippen molar-refractivity contribution in [1.82, 2.24) is 14.8 Å². The van der Waals surface area contributed by atoms with Crippen molar-refractivity contribution in [1.29, 1.82) is 0 Å². The lowest BCUT2D eigenvalue weighted by molar-refractivity contribution is 0.405. The van der Waals surface area contributed by atoms with E-state index in [-0.39, 0.29) is 13.1 Å². The highest BCUT2D eigenvalue weighted by Gasteiger charge is 2.25. The van der Waals surface area contributed by atoms with Gasteiger partial charge in [-0.2, -0.15) is 27.6 Å². The lowest BCUT2D eigenvalue weighted by atomic mass is 10.2. The van der Waals surface area contributed by atoms with Crippen LogP contribution < -0.4 is 4.90 Å². The van der Waals surface area contributed by atoms with Gasteiger partial charge in [-0.1, -0.05) is 0 Å². The molecular weight excluding hydrogens is 276 g/mol. The summed E-state index contributed by atoms with van der Waals surface area (Å²) in [5.41, 5.74) is -0.105. The molecule has 0 spiro atoms. The first kappa shape index (κ1) is 14.3. The highest BCUT2D eigenvalue weighted by Crippen LogP contribution is 2.27. The monoisotopic (exact) mass is 288 g/mol. The van der Waals surface area contributed by atoms with E-state index in [1.165, 1.54) is 15.8 Å². The van der Waals surface area contributed by atoms with Crippen LogP contribution in [0.25, 0.3) is 0 Å². The van der Waals surface area contributed by atoms with Crippen LogP contribution in [0.15, 0.2) is 12.4 Å². The number of nitrogens with zero attached hydrogens (tertiary/aromatic N) is 4. The van der Waals surface area contributed by atoms with Crippen LogP contribution in [0.3, 0.4) is 0 Å². The molecule has 0 aromatic carbocycles. The van der Waals surface area contributed by atoms with Crippen LogP contribution in [-0.4, -0.2) is 21.3 Å². The Morgan fingerprint density at radius 3 is 2.20 bits per heavy atom. The molecule has 2 heterocycles. The molecule has 0 aliphatic rings. The lowest BCUT2D eigenvalue weighted by Crippen LogP contribution is -2.25. The van der Waals surface area contributed by atoms with Gasteiger partial charge in [0.25, 0.3) is 11.9 Å². The molecule has 0 fully saturated rings. The van der Waals surface area contributed by atoms with Gasteiger partial charge in [0.05, 0.1) is 6.20 Å². The second kappa shape index (κ2) is 5.48. The summed E-state index contributed by atoms with van der Waals surface area (Å²) in [6.45, 7) is 1.85. The molecule has 0 atom stereocenters. The maximum absolute atomic E-state index is 13.7. The van der Waals surface area contributed by atoms with Gasteiger partial charge < -0.3 is 4.90 Å². The number of pyridine rings is 1. The molecule has 2 aromatic rings. The average Bonchev–Trinajstić information content (AvgIpc) is 2.81. The molecule has 0 saturated carbocycles. The molecule has 4 nitrogen and oxygen atoms in total. The number of anilines is 1. The normalized spacial score (nSPS) is 10.9. The van der Waals surface area contributed by atoms with E-state index >= 15 is 0 Å². The summed E-state index contributed by atoms with van der Waals surface area (Å²) in [6.07, 6.45) is 3.15. The summed E-state index contributed by atoms with van der Waals surface area (Å²) < 4.78 is 55.1. The lowest BCUT2D eigenvalue weighted by Gasteiger charge is -2.23. The van der Waals surface area contributed by atoms with Crippen molar-refractivity contribution in [2.45, 2.75) is 13.5 Å². The Morgan fingerprint density at radius 1 is 1.15 bits per heavy atom. The number of aryl methyl sites for hydroxylation is 1. The average molecular weight is 288 g/mol. The van der Waals surface area contributed by atoms with Gasteiger partial charge in [0, 0.05) is 31.9 Å². The molecule has 20 heavy (non-hydrogen) atoms. The van der Waals surface area contributed by atoms with Crippen LogP contribution in [0.1, 0.15) is 12.5 Å². The molecule has 0 amide bonds. The van der Waals surface area contributed by atoms with E-state index in [0.29, 0.717) is 5.56 Å². The van der Waals surface area contributed by atoms with Crippen molar-refractivity contribution in [3.05, 3.63) is 41.5 Å². The quantitative estimate of drug-likeness (QED) is 0.640. The van der Waals surface area contributed by atoms with E-state index in [1.807, 2.05) is 0 Å². The summed E-state index contributed by atoms with van der Waals surface area (Å²) in [4.78, 5) is 3.71. The van der Waals surface area contributed by atoms with Gasteiger partial charge in [0.15, 0.2) is 0 Å². The second-order valence-electron chi connectivity index (χ2n) is 4.21. The maximum Gasteiger partial charge on any atom is 0.253 e. The predicted octanol–water partition coefficient (Wildman–Crippen LogP) is 2.40. The van der Waals surface area contributed by atoms with Crippen LogP contribution in [0.2, 0.25) is 0 Å². The SMILES string of the molecule is CCN(Cc1cnn(C)c1)c1c(F)c(F)nc(F)c1F. The minimum atomic E-state index is -1.66. The van der Waals surface area contributed by atoms with Crippen molar-refractivity contribution in [3.8, 4) is 0 Å². The second-order valence-corrected chi connectivity index (χ2v) is 4.21. The smallest absolute Gasteiger partial charge is 0.253 e. The Hall–Kier alpha value is -2.12. The number of rotatable bonds is 4. The predicted molar refractivity (Wildman–Crippen MR) is 64.0 cm³/mol. The molecule has 0 aliphatic heterocycles. The third kappa shape index (κ3) is 2.59. The van der Waals surface area contributed by atoms with E-state index in [2.05, 4.69) is 10.1 Å². The van der Waals surface area contributed by atoms with Crippen LogP contribution >= 0.6 is 0 Å². The largest absolute Gasteiger partial charge is 0.362 e. The molecule has 0 saturated heterocycles. The maximum atomic E-state index is 13.7. The summed E-state index contributed by atoms with van der Waals surface area (Å²) >= 11 is 0. The van der Waals surface area contributed by atoms with E-state index < -0.39 is 29.2 Å². The molecule has 0 radical (unpaired) electrons. The van der Waals surface area contributed by atoms with E-state index in [1.54, 1.807) is 20.2 Å². The molecule has 0 aliphatic carbocycles. The Labute approximate surface area is 112 Å². The topological polar surface area (TPSA) is 34.0 Å². The number of hydrogen-bond acceptors (Lipinski definition) is 3. The van der Waals surface area contributed by atoms with Crippen molar-refractivity contribution < 1.29 is 17.6 Å². The van der Waals surface area contributed by atoms with Crippen molar-refractivity contribution in [2.24, 2.45) is 7.05 Å². The Bertz CT molecular complexity index is 600. The van der Waals surface area contributed by atoms with Gasteiger partial charge in [0.1, 0.15) is 5.69 Å². The first-order valence-corrected chi connectivity index (χ1v) is 5.86. The van der Waals surface area contributed by atoms with Gasteiger partial charge in [0.2, 0.25) is 11.6 Å². The van der Waals surface area contributed by atoms with Crippen molar-refractivity contribution in [3.63, 3.8) is 0 Å². The fourth-order valence-corrected chi connectivity index (χ4v) is 1.88. The minimum absolute atomic E-state index is 0.0705. The molecule has 108 valence electrons. The van der Waals surface area contributed by atoms with Gasteiger partial charge in [-0.3, -0.25) is 4.68 Å². The summed E-state index contributed by atoms with van der Waals surface area (Å²) in [5.74, 6) is -6.34. The third-order valence-electron chi connectivity index (χ3n) is 2.80. The Balaban J connectivity index is 2.41. The molecular formula is C12H12F4N4. The molecule has 0 N–H and O–H groups in total. The Morgan fingerprint density at radius 2 is 1.75 bits per heavy atom. The Kier molecular flexibility index (Phi) is 3.91. The first-order valence-electron chi connectivity index (χ1n) is 5.86. The number of halogens is 4. The van der Waals surface area contributed by atoms with Crippen LogP contribution in [-0.2, 0) is 13.6 Å². The van der Waals surface area contributed by atoms with E-state index in [0.717, 1.165) is 0 Å². The number of aromatic nitrogens is 3. The van der Waals surface area contributed by atoms with E-state index in [9.17, 15) is 17.6 Å². The molecule has 2 aromatic heterocycles. The van der Waals surface area contributed by atoms with Gasteiger partial charge in [-0.15, -0.1) is 0 Å². The van der Waals surface area contributed by atoms with E-state index in [4.69, 9.17) is 0 Å². The molecule has 2 rings (SSSR count). The fourth-order valence-electron chi connectivity index (χ4n) is 1.88. The zero-order valence-electron chi connectivity index (χ0n) is 10.9. The fraction of sp³-hybridized carbons (Fsp3) is 0.333. The van der Waals surface area contributed by atoms with Gasteiger partial charge >= 0.3 is 0 Å². The first-order chi connectivity index (χ1) is 9.43. The van der Waals surface area contributed by atoms with Gasteiger partial charge in [-0.25, -0.2) is 0 Å². The summed E-state index contributed by atoms with van der Waals surface area (Å²) in [6, 6.07) is 0. The minimum Gasteiger partial charge on any atom is -0.362 e. The zero-order chi connectivity index (χ0) is 14.9. The molecule has 8 heteroatoms. The van der Waals surface area contributed by atoms with Crippen LogP contribution in [0.4, 0.5) is 23.2 Å². The van der Waals surface area contributed by atoms with Crippen molar-refractivity contribution >= 4 is 5.69 Å². The molecule has 0 bridgehead atoms. The highest BCUT2D eigenvalue weighted by atomic mass is 19.2. The van der Waals surface area contributed by atoms with Crippen LogP contribution in [0, 0.1) is 23.5 Å². The van der Waals surface area contributed by atoms with Crippen molar-refractivity contribution in [2.75, 3.05) is 11.4 Å². The number of hydrogen-bond donors (Lipinski definition) is 0. The summed E-state index contributed by atoms with van der Waals surface area (Å²) in [7, 11) is 1.69. The zero-order valence-corrected chi connectivity index (χ0v) is 10.9. The van der Waals surface area contributed by atoms with Crippen LogP contribution in [0.5, 0.6) is 0 Å². The molecule has 0 unspecified atom stereocenters. The summed E-state index contributed by atoms with van der Waals surface area (Å²) in [5, 5.41) is 3.92.